The second-order valence-corrected chi connectivity index (χ2v) is 5.83. The fourth-order valence-corrected chi connectivity index (χ4v) is 2.35. The van der Waals surface area contributed by atoms with Crippen molar-refractivity contribution in [2.45, 2.75) is 6.18 Å². The van der Waals surface area contributed by atoms with Gasteiger partial charge in [-0.05, 0) is 48.5 Å². The van der Waals surface area contributed by atoms with E-state index >= 15 is 0 Å². The van der Waals surface area contributed by atoms with E-state index in [1.807, 2.05) is 0 Å². The summed E-state index contributed by atoms with van der Waals surface area (Å²) in [7, 11) is 1.44. The molecule has 134 valence electrons. The van der Waals surface area contributed by atoms with E-state index in [-0.39, 0.29) is 5.82 Å². The summed E-state index contributed by atoms with van der Waals surface area (Å²) in [5, 5.41) is 4.67. The topological polar surface area (TPSA) is 51.0 Å². The number of aromatic nitrogens is 3. The molecule has 0 spiro atoms. The highest BCUT2D eigenvalue weighted by atomic mass is 35.5. The van der Waals surface area contributed by atoms with Gasteiger partial charge in [-0.2, -0.15) is 13.2 Å². The Kier molecular flexibility index (Phi) is 4.69. The zero-order valence-electron chi connectivity index (χ0n) is 13.4. The molecule has 0 fully saturated rings. The van der Waals surface area contributed by atoms with Crippen LogP contribution in [-0.4, -0.2) is 27.7 Å². The van der Waals surface area contributed by atoms with Crippen molar-refractivity contribution < 1.29 is 18.0 Å². The number of alkyl halides is 3. The van der Waals surface area contributed by atoms with E-state index in [9.17, 15) is 18.0 Å². The van der Waals surface area contributed by atoms with Crippen molar-refractivity contribution in [3.8, 4) is 5.69 Å². The standard InChI is InChI=1S/C17H12ClF3N4O/c1-24(13-6-2-11(3-7-13)17(19,20)21)16(26)15-22-10-25(23-15)14-8-4-12(18)5-9-14/h2-10H,1H3. The summed E-state index contributed by atoms with van der Waals surface area (Å²) < 4.78 is 39.3. The number of halogens is 4. The first kappa shape index (κ1) is 17.9. The molecule has 0 radical (unpaired) electrons. The molecule has 0 aliphatic rings. The summed E-state index contributed by atoms with van der Waals surface area (Å²) in [5.41, 5.74) is 0.177. The van der Waals surface area contributed by atoms with Crippen LogP contribution in [0.1, 0.15) is 16.2 Å². The number of carbonyl (C=O) groups excluding carboxylic acids is 1. The normalized spacial score (nSPS) is 11.4. The molecular weight excluding hydrogens is 369 g/mol. The average molecular weight is 381 g/mol. The van der Waals surface area contributed by atoms with Crippen LogP contribution in [0.5, 0.6) is 0 Å². The van der Waals surface area contributed by atoms with Gasteiger partial charge in [-0.15, -0.1) is 5.10 Å². The van der Waals surface area contributed by atoms with Crippen molar-refractivity contribution in [2.24, 2.45) is 0 Å². The van der Waals surface area contributed by atoms with Gasteiger partial charge in [0.1, 0.15) is 6.33 Å². The molecule has 1 heterocycles. The van der Waals surface area contributed by atoms with Crippen LogP contribution in [0.4, 0.5) is 18.9 Å². The number of anilines is 1. The zero-order valence-corrected chi connectivity index (χ0v) is 14.2. The van der Waals surface area contributed by atoms with Crippen LogP contribution in [0.3, 0.4) is 0 Å². The number of hydrogen-bond acceptors (Lipinski definition) is 3. The molecule has 0 atom stereocenters. The highest BCUT2D eigenvalue weighted by molar-refractivity contribution is 6.30. The van der Waals surface area contributed by atoms with Gasteiger partial charge in [0.05, 0.1) is 11.3 Å². The van der Waals surface area contributed by atoms with E-state index in [1.165, 1.54) is 35.1 Å². The van der Waals surface area contributed by atoms with E-state index in [4.69, 9.17) is 11.6 Å². The second kappa shape index (κ2) is 6.80. The summed E-state index contributed by atoms with van der Waals surface area (Å²) in [5.74, 6) is -0.625. The van der Waals surface area contributed by atoms with Gasteiger partial charge in [-0.25, -0.2) is 9.67 Å². The molecule has 1 aromatic heterocycles. The monoisotopic (exact) mass is 380 g/mol. The number of nitrogens with zero attached hydrogens (tertiary/aromatic N) is 4. The van der Waals surface area contributed by atoms with Crippen molar-refractivity contribution in [1.82, 2.24) is 14.8 Å². The molecule has 3 aromatic rings. The lowest BCUT2D eigenvalue weighted by Crippen LogP contribution is -2.27. The molecule has 0 aliphatic heterocycles. The largest absolute Gasteiger partial charge is 0.416 e. The predicted molar refractivity (Wildman–Crippen MR) is 90.5 cm³/mol. The van der Waals surface area contributed by atoms with Crippen molar-refractivity contribution in [2.75, 3.05) is 11.9 Å². The number of carbonyl (C=O) groups is 1. The molecule has 5 nitrogen and oxygen atoms in total. The quantitative estimate of drug-likeness (QED) is 0.683. The van der Waals surface area contributed by atoms with Gasteiger partial charge < -0.3 is 4.90 Å². The smallest absolute Gasteiger partial charge is 0.309 e. The van der Waals surface area contributed by atoms with E-state index in [2.05, 4.69) is 10.1 Å². The van der Waals surface area contributed by atoms with E-state index in [0.29, 0.717) is 16.4 Å². The molecular formula is C17H12ClF3N4O. The Labute approximate surface area is 151 Å². The predicted octanol–water partition coefficient (Wildman–Crippen LogP) is 4.22. The van der Waals surface area contributed by atoms with Crippen LogP contribution in [-0.2, 0) is 6.18 Å². The molecule has 0 saturated heterocycles. The second-order valence-electron chi connectivity index (χ2n) is 5.40. The Bertz CT molecular complexity index is 920. The van der Waals surface area contributed by atoms with Gasteiger partial charge >= 0.3 is 6.18 Å². The van der Waals surface area contributed by atoms with Crippen molar-refractivity contribution in [1.29, 1.82) is 0 Å². The van der Waals surface area contributed by atoms with E-state index in [0.717, 1.165) is 12.1 Å². The lowest BCUT2D eigenvalue weighted by molar-refractivity contribution is -0.137. The van der Waals surface area contributed by atoms with Crippen molar-refractivity contribution >= 4 is 23.2 Å². The minimum absolute atomic E-state index is 0.0812. The molecule has 0 N–H and O–H groups in total. The van der Waals surface area contributed by atoms with Crippen LogP contribution in [0.25, 0.3) is 5.69 Å². The third-order valence-corrected chi connectivity index (χ3v) is 3.91. The fourth-order valence-electron chi connectivity index (χ4n) is 2.22. The Balaban J connectivity index is 1.80. The van der Waals surface area contributed by atoms with Crippen LogP contribution in [0.15, 0.2) is 54.9 Å². The lowest BCUT2D eigenvalue weighted by Gasteiger charge is -2.16. The maximum absolute atomic E-state index is 12.6. The number of amides is 1. The summed E-state index contributed by atoms with van der Waals surface area (Å²) in [4.78, 5) is 17.6. The summed E-state index contributed by atoms with van der Waals surface area (Å²) in [6, 6.07) is 11.0. The van der Waals surface area contributed by atoms with Gasteiger partial charge in [-0.3, -0.25) is 4.79 Å². The third kappa shape index (κ3) is 3.70. The molecule has 0 aliphatic carbocycles. The summed E-state index contributed by atoms with van der Waals surface area (Å²) in [6.07, 6.45) is -3.06. The Morgan fingerprint density at radius 2 is 1.69 bits per heavy atom. The lowest BCUT2D eigenvalue weighted by atomic mass is 10.2. The molecule has 0 saturated carbocycles. The molecule has 1 amide bonds. The SMILES string of the molecule is CN(C(=O)c1ncn(-c2ccc(Cl)cc2)n1)c1ccc(C(F)(F)F)cc1. The van der Waals surface area contributed by atoms with E-state index in [1.54, 1.807) is 24.3 Å². The minimum Gasteiger partial charge on any atom is -0.309 e. The molecule has 3 rings (SSSR count). The fraction of sp³-hybridized carbons (Fsp3) is 0.118. The minimum atomic E-state index is -4.43. The van der Waals surface area contributed by atoms with Gasteiger partial charge in [0.25, 0.3) is 5.91 Å². The van der Waals surface area contributed by atoms with Gasteiger partial charge in [0, 0.05) is 17.8 Å². The molecule has 2 aromatic carbocycles. The summed E-state index contributed by atoms with van der Waals surface area (Å²) in [6.45, 7) is 0. The van der Waals surface area contributed by atoms with Gasteiger partial charge in [0.2, 0.25) is 5.82 Å². The molecule has 0 unspecified atom stereocenters. The zero-order chi connectivity index (χ0) is 18.9. The Morgan fingerprint density at radius 3 is 2.27 bits per heavy atom. The molecule has 26 heavy (non-hydrogen) atoms. The van der Waals surface area contributed by atoms with Crippen LogP contribution in [0, 0.1) is 0 Å². The highest BCUT2D eigenvalue weighted by Gasteiger charge is 2.30. The first-order valence-electron chi connectivity index (χ1n) is 7.38. The number of hydrogen-bond donors (Lipinski definition) is 0. The van der Waals surface area contributed by atoms with Crippen molar-refractivity contribution in [3.05, 3.63) is 71.3 Å². The average Bonchev–Trinajstić information content (AvgIpc) is 3.10. The van der Waals surface area contributed by atoms with Gasteiger partial charge in [-0.1, -0.05) is 11.6 Å². The first-order chi connectivity index (χ1) is 12.3. The Hall–Kier alpha value is -2.87. The van der Waals surface area contributed by atoms with E-state index < -0.39 is 17.6 Å². The maximum atomic E-state index is 12.6. The number of benzene rings is 2. The molecule has 0 bridgehead atoms. The summed E-state index contributed by atoms with van der Waals surface area (Å²) >= 11 is 5.83. The Morgan fingerprint density at radius 1 is 1.08 bits per heavy atom. The third-order valence-electron chi connectivity index (χ3n) is 3.66. The van der Waals surface area contributed by atoms with Crippen LogP contribution >= 0.6 is 11.6 Å². The van der Waals surface area contributed by atoms with Crippen LogP contribution in [0.2, 0.25) is 5.02 Å². The maximum Gasteiger partial charge on any atom is 0.416 e. The van der Waals surface area contributed by atoms with Gasteiger partial charge in [0.15, 0.2) is 0 Å². The first-order valence-corrected chi connectivity index (χ1v) is 7.76. The van der Waals surface area contributed by atoms with Crippen LogP contribution < -0.4 is 4.90 Å². The number of rotatable bonds is 3. The molecule has 9 heteroatoms. The highest BCUT2D eigenvalue weighted by Crippen LogP contribution is 2.30. The van der Waals surface area contributed by atoms with Crippen molar-refractivity contribution in [3.63, 3.8) is 0 Å².